The number of imidazole rings is 1. The van der Waals surface area contributed by atoms with E-state index in [1.165, 1.54) is 43.0 Å². The van der Waals surface area contributed by atoms with E-state index in [0.717, 1.165) is 34.0 Å². The van der Waals surface area contributed by atoms with Gasteiger partial charge in [-0.2, -0.15) is 18.2 Å². The number of pyridine rings is 1. The average molecular weight is 1010 g/mol. The summed E-state index contributed by atoms with van der Waals surface area (Å²) in [6.45, 7) is 0. The topological polar surface area (TPSA) is 35.9 Å². The van der Waals surface area contributed by atoms with Crippen LogP contribution in [0.2, 0.25) is 18.1 Å². The van der Waals surface area contributed by atoms with Gasteiger partial charge in [0.15, 0.2) is 0 Å². The third kappa shape index (κ3) is 6.47. The first-order valence-corrected chi connectivity index (χ1v) is 23.4. The summed E-state index contributed by atoms with van der Waals surface area (Å²) < 4.78 is 99.2. The molecule has 0 aliphatic carbocycles. The SMILES string of the molecule is [2H]c1c([2H])c([2H])c(-c2cccc(-c3c([2H])c([2H])c([2H])c([2H])c3[2H])c2-[n+]2[c-]n(-c3[c-]c(Oc4[c-]c5c(cc4)c4ccccc4n5-c4cc5c(cn4)CCC[Si]54CCCC4)ccc3)c3ccccc32)c([2H])c1[2H].[Pt]. The molecule has 1 fully saturated rings. The molecule has 5 heterocycles. The van der Waals surface area contributed by atoms with Crippen LogP contribution in [-0.2, 0) is 27.5 Å². The predicted molar refractivity (Wildman–Crippen MR) is 248 cm³/mol. The molecule has 62 heavy (non-hydrogen) atoms. The normalized spacial score (nSPS) is 16.6. The monoisotopic (exact) mass is 1010 g/mol. The Bertz CT molecular complexity index is 3740. The van der Waals surface area contributed by atoms with Crippen molar-refractivity contribution in [2.75, 3.05) is 0 Å². The van der Waals surface area contributed by atoms with E-state index in [1.807, 2.05) is 48.5 Å². The van der Waals surface area contributed by atoms with Crippen LogP contribution in [0.3, 0.4) is 0 Å². The van der Waals surface area contributed by atoms with Crippen molar-refractivity contribution in [2.24, 2.45) is 0 Å². The van der Waals surface area contributed by atoms with Gasteiger partial charge in [-0.15, -0.1) is 29.7 Å². The Labute approximate surface area is 391 Å². The van der Waals surface area contributed by atoms with E-state index in [-0.39, 0.29) is 49.0 Å². The maximum absolute atomic E-state index is 9.02. The van der Waals surface area contributed by atoms with Crippen molar-refractivity contribution < 1.29 is 44.1 Å². The quantitative estimate of drug-likeness (QED) is 0.0906. The van der Waals surface area contributed by atoms with Crippen molar-refractivity contribution in [3.05, 3.63) is 194 Å². The van der Waals surface area contributed by atoms with Crippen LogP contribution in [0.25, 0.3) is 72.3 Å². The van der Waals surface area contributed by atoms with Gasteiger partial charge >= 0.3 is 0 Å². The second kappa shape index (κ2) is 15.8. The molecule has 2 aliphatic heterocycles. The Morgan fingerprint density at radius 2 is 1.34 bits per heavy atom. The van der Waals surface area contributed by atoms with Crippen LogP contribution >= 0.6 is 0 Å². The van der Waals surface area contributed by atoms with Crippen LogP contribution in [0.4, 0.5) is 0 Å². The van der Waals surface area contributed by atoms with Gasteiger partial charge in [-0.1, -0.05) is 169 Å². The van der Waals surface area contributed by atoms with Gasteiger partial charge in [0.2, 0.25) is 0 Å². The largest absolute Gasteiger partial charge is 0.510 e. The molecule has 0 radical (unpaired) electrons. The fraction of sp³-hybridized carbons (Fsp3) is 0.127. The van der Waals surface area contributed by atoms with Crippen molar-refractivity contribution in [1.29, 1.82) is 0 Å². The molecule has 0 unspecified atom stereocenters. The number of fused-ring (bicyclic) bond motifs is 6. The van der Waals surface area contributed by atoms with Crippen LogP contribution in [0.15, 0.2) is 170 Å². The van der Waals surface area contributed by atoms with Gasteiger partial charge in [0.05, 0.1) is 38.5 Å². The van der Waals surface area contributed by atoms with Crippen LogP contribution in [0.5, 0.6) is 11.5 Å². The number of hydrogen-bond acceptors (Lipinski definition) is 2. The fourth-order valence-corrected chi connectivity index (χ4v) is 15.5. The molecule has 0 amide bonds. The summed E-state index contributed by atoms with van der Waals surface area (Å²) in [6, 6.07) is 38.2. The molecule has 7 heteroatoms. The van der Waals surface area contributed by atoms with Gasteiger partial charge in [0, 0.05) is 44.3 Å². The molecular weight excluding hydrogens is 956 g/mol. The summed E-state index contributed by atoms with van der Waals surface area (Å²) in [5.41, 5.74) is 5.23. The molecule has 0 N–H and O–H groups in total. The van der Waals surface area contributed by atoms with Crippen molar-refractivity contribution in [1.82, 2.24) is 14.1 Å². The third-order valence-electron chi connectivity index (χ3n) is 12.6. The summed E-state index contributed by atoms with van der Waals surface area (Å²) in [5, 5.41) is 3.70. The molecule has 0 bridgehead atoms. The maximum Gasteiger partial charge on any atom is 0.268 e. The van der Waals surface area contributed by atoms with Crippen LogP contribution < -0.4 is 14.5 Å². The van der Waals surface area contributed by atoms with E-state index >= 15 is 0 Å². The van der Waals surface area contributed by atoms with Gasteiger partial charge < -0.3 is 13.9 Å². The number of benzene rings is 7. The van der Waals surface area contributed by atoms with E-state index < -0.39 is 68.5 Å². The summed E-state index contributed by atoms with van der Waals surface area (Å²) in [7, 11) is -1.58. The Morgan fingerprint density at radius 3 is 2.11 bits per heavy atom. The molecule has 10 aromatic rings. The number of aryl methyl sites for hydroxylation is 1. The van der Waals surface area contributed by atoms with E-state index in [9.17, 15) is 0 Å². The molecule has 3 aromatic heterocycles. The number of hydrogen-bond donors (Lipinski definition) is 0. The zero-order chi connectivity index (χ0) is 49.0. The zero-order valence-electron chi connectivity index (χ0n) is 43.4. The third-order valence-corrected chi connectivity index (χ3v) is 18.1. The van der Waals surface area contributed by atoms with Crippen LogP contribution in [0, 0.1) is 18.5 Å². The molecule has 2 aliphatic rings. The fourth-order valence-electron chi connectivity index (χ4n) is 9.89. The number of aromatic nitrogens is 4. The van der Waals surface area contributed by atoms with Gasteiger partial charge in [0.25, 0.3) is 6.33 Å². The summed E-state index contributed by atoms with van der Waals surface area (Å²) in [6.07, 6.45) is 10.5. The number of nitrogens with zero attached hydrogens (tertiary/aromatic N) is 4. The Morgan fingerprint density at radius 1 is 0.661 bits per heavy atom. The number of ether oxygens (including phenoxy) is 1. The minimum Gasteiger partial charge on any atom is -0.510 e. The van der Waals surface area contributed by atoms with Gasteiger partial charge in [-0.25, -0.2) is 4.98 Å². The molecule has 1 saturated heterocycles. The summed E-state index contributed by atoms with van der Waals surface area (Å²) >= 11 is 0. The summed E-state index contributed by atoms with van der Waals surface area (Å²) in [4.78, 5) is 5.11. The van der Waals surface area contributed by atoms with Crippen molar-refractivity contribution >= 4 is 46.1 Å². The Hall–Kier alpha value is -6.33. The molecule has 7 aromatic carbocycles. The molecule has 304 valence electrons. The van der Waals surface area contributed by atoms with Gasteiger partial charge in [0.1, 0.15) is 5.82 Å². The molecule has 1 spiro atoms. The standard InChI is InChI=1S/C55H42N4OSi.Pt/c1-3-16-39(17-4-1)45-24-14-25-46(40-18-5-2-6-19-40)55(45)58-38-57(50-27-9-10-28-51(50)58)42-21-13-22-43(34-42)60-44-29-30-48-47-23-7-8-26-49(47)59(52(48)35-44)54-36-53-41(37-56-54)20-15-33-61(53)31-11-12-32-61;/h1-10,13-14,16-19,21-30,36-37H,11-12,15,20,31-33H2;/q-2;/i1D,2D,3D,4D,5D,6D,16D,17D,18D,19D;. The van der Waals surface area contributed by atoms with Crippen LogP contribution in [0.1, 0.15) is 38.5 Å². The van der Waals surface area contributed by atoms with E-state index in [4.69, 9.17) is 23.4 Å². The van der Waals surface area contributed by atoms with Crippen molar-refractivity contribution in [2.45, 2.75) is 43.8 Å². The first-order chi connectivity index (χ1) is 34.3. The first-order valence-electron chi connectivity index (χ1n) is 25.7. The van der Waals surface area contributed by atoms with Crippen LogP contribution in [-0.4, -0.2) is 22.2 Å². The van der Waals surface area contributed by atoms with Crippen molar-refractivity contribution in [3.8, 4) is 50.9 Å². The molecule has 12 rings (SSSR count). The molecule has 5 nitrogen and oxygen atoms in total. The number of para-hydroxylation sites is 4. The zero-order valence-corrected chi connectivity index (χ0v) is 36.6. The number of rotatable bonds is 7. The Kier molecular flexibility index (Phi) is 7.43. The minimum absolute atomic E-state index is 0. The predicted octanol–water partition coefficient (Wildman–Crippen LogP) is 12.3. The molecular formula is C55H42N4OPtSi-2. The minimum atomic E-state index is -1.58. The second-order valence-electron chi connectivity index (χ2n) is 15.9. The average Bonchev–Trinajstić information content (AvgIpc) is 4.11. The van der Waals surface area contributed by atoms with E-state index in [2.05, 4.69) is 59.6 Å². The first kappa shape index (κ1) is 29.1. The van der Waals surface area contributed by atoms with Crippen molar-refractivity contribution in [3.63, 3.8) is 0 Å². The smallest absolute Gasteiger partial charge is 0.268 e. The molecule has 0 saturated carbocycles. The van der Waals surface area contributed by atoms with Gasteiger partial charge in [-0.05, 0) is 57.4 Å². The van der Waals surface area contributed by atoms with Gasteiger partial charge in [-0.3, -0.25) is 4.57 Å². The second-order valence-corrected chi connectivity index (χ2v) is 20.5. The molecule has 0 atom stereocenters. The maximum atomic E-state index is 9.02. The van der Waals surface area contributed by atoms with E-state index in [0.29, 0.717) is 28.2 Å². The Balaban J connectivity index is 0.00000560. The summed E-state index contributed by atoms with van der Waals surface area (Å²) in [5.74, 6) is 1.75. The van der Waals surface area contributed by atoms with E-state index in [1.54, 1.807) is 38.6 Å².